The van der Waals surface area contributed by atoms with Gasteiger partial charge in [0.15, 0.2) is 0 Å². The van der Waals surface area contributed by atoms with E-state index in [-0.39, 0.29) is 16.2 Å². The molecule has 3 aromatic heterocycles. The molecule has 0 fully saturated rings. The fraction of sp³-hybridized carbons (Fsp3) is 0.0833. The highest BCUT2D eigenvalue weighted by Crippen LogP contribution is 2.29. The third-order valence-corrected chi connectivity index (χ3v) is 6.74. The topological polar surface area (TPSA) is 77.5 Å². The quantitative estimate of drug-likeness (QED) is 0.366. The van der Waals surface area contributed by atoms with Crippen LogP contribution >= 0.6 is 34.5 Å². The van der Waals surface area contributed by atoms with Gasteiger partial charge in [-0.3, -0.25) is 9.59 Å². The van der Waals surface area contributed by atoms with Crippen LogP contribution in [0, 0.1) is 6.92 Å². The van der Waals surface area contributed by atoms with Crippen molar-refractivity contribution in [2.45, 2.75) is 13.3 Å². The zero-order valence-corrected chi connectivity index (χ0v) is 19.5. The summed E-state index contributed by atoms with van der Waals surface area (Å²) in [5, 5.41) is 5.16. The van der Waals surface area contributed by atoms with Gasteiger partial charge in [0.05, 0.1) is 10.0 Å². The summed E-state index contributed by atoms with van der Waals surface area (Å²) in [5.74, 6) is 1.06. The van der Waals surface area contributed by atoms with Gasteiger partial charge in [-0.05, 0) is 42.8 Å². The van der Waals surface area contributed by atoms with E-state index in [0.29, 0.717) is 32.5 Å². The maximum Gasteiger partial charge on any atom is 0.296 e. The molecule has 0 aliphatic carbocycles. The van der Waals surface area contributed by atoms with Crippen molar-refractivity contribution in [1.82, 2.24) is 14.6 Å². The van der Waals surface area contributed by atoms with Gasteiger partial charge in [-0.1, -0.05) is 64.4 Å². The van der Waals surface area contributed by atoms with Crippen LogP contribution in [0.3, 0.4) is 0 Å². The number of aryl methyl sites for hydroxylation is 1. The molecule has 9 heteroatoms. The van der Waals surface area contributed by atoms with Crippen LogP contribution < -0.4 is 15.7 Å². The van der Waals surface area contributed by atoms with Gasteiger partial charge in [-0.25, -0.2) is 0 Å². The van der Waals surface area contributed by atoms with Crippen LogP contribution in [0.15, 0.2) is 68.6 Å². The molecular weight excluding hydrogens is 481 g/mol. The average molecular weight is 496 g/mol. The lowest BCUT2D eigenvalue weighted by Crippen LogP contribution is -2.28. The normalized spacial score (nSPS) is 12.0. The molecule has 0 N–H and O–H groups in total. The van der Waals surface area contributed by atoms with E-state index in [9.17, 15) is 9.59 Å². The number of furan rings is 1. The first-order valence-electron chi connectivity index (χ1n) is 9.93. The summed E-state index contributed by atoms with van der Waals surface area (Å²) >= 11 is 13.1. The second-order valence-corrected chi connectivity index (χ2v) is 9.29. The van der Waals surface area contributed by atoms with E-state index in [1.807, 2.05) is 31.2 Å². The molecule has 0 atom stereocenters. The lowest BCUT2D eigenvalue weighted by molar-refractivity contribution is 0.571. The Kier molecular flexibility index (Phi) is 5.62. The van der Waals surface area contributed by atoms with Crippen molar-refractivity contribution in [3.63, 3.8) is 0 Å². The maximum atomic E-state index is 12.9. The van der Waals surface area contributed by atoms with Gasteiger partial charge in [-0.15, -0.1) is 0 Å². The highest BCUT2D eigenvalue weighted by molar-refractivity contribution is 7.15. The minimum atomic E-state index is -0.441. The van der Waals surface area contributed by atoms with Crippen molar-refractivity contribution < 1.29 is 4.42 Å². The summed E-state index contributed by atoms with van der Waals surface area (Å²) in [6.07, 6.45) is 1.91. The molecule has 0 aliphatic heterocycles. The number of nitrogens with zero attached hydrogens (tertiary/aromatic N) is 3. The summed E-state index contributed by atoms with van der Waals surface area (Å²) in [6, 6.07) is 16.5. The van der Waals surface area contributed by atoms with Crippen LogP contribution in [0.1, 0.15) is 22.6 Å². The standard InChI is InChI=1S/C24H15Cl2N3O3S/c1-13-2-4-14(5-3-13)10-19-22(30)27-24-29(28-19)23(31)21(33-24)12-16-7-9-20(32-16)15-6-8-17(25)18(26)11-15/h2-9,11-12H,10H2,1H3/b21-12-. The van der Waals surface area contributed by atoms with Crippen LogP contribution in [0.5, 0.6) is 0 Å². The second kappa shape index (κ2) is 8.59. The van der Waals surface area contributed by atoms with E-state index in [0.717, 1.165) is 28.0 Å². The zero-order valence-electron chi connectivity index (χ0n) is 17.2. The van der Waals surface area contributed by atoms with E-state index in [2.05, 4.69) is 10.1 Å². The Hall–Kier alpha value is -3.26. The fourth-order valence-corrected chi connectivity index (χ4v) is 4.50. The van der Waals surface area contributed by atoms with Crippen molar-refractivity contribution in [3.05, 3.63) is 112 Å². The first-order valence-corrected chi connectivity index (χ1v) is 11.5. The molecule has 0 bridgehead atoms. The Balaban J connectivity index is 1.51. The molecule has 0 amide bonds. The number of thiazole rings is 1. The molecule has 5 aromatic rings. The van der Waals surface area contributed by atoms with Crippen LogP contribution in [0.25, 0.3) is 22.4 Å². The minimum Gasteiger partial charge on any atom is -0.457 e. The molecule has 0 aliphatic rings. The summed E-state index contributed by atoms with van der Waals surface area (Å²) in [5.41, 5.74) is 2.22. The molecule has 3 heterocycles. The molecule has 164 valence electrons. The molecule has 6 nitrogen and oxygen atoms in total. The van der Waals surface area contributed by atoms with Gasteiger partial charge in [-0.2, -0.15) is 14.6 Å². The van der Waals surface area contributed by atoms with E-state index >= 15 is 0 Å². The van der Waals surface area contributed by atoms with Gasteiger partial charge in [0.1, 0.15) is 21.7 Å². The highest BCUT2D eigenvalue weighted by Gasteiger charge is 2.13. The highest BCUT2D eigenvalue weighted by atomic mass is 35.5. The maximum absolute atomic E-state index is 12.9. The molecule has 0 radical (unpaired) electrons. The van der Waals surface area contributed by atoms with Gasteiger partial charge in [0, 0.05) is 18.1 Å². The molecule has 0 spiro atoms. The molecule has 33 heavy (non-hydrogen) atoms. The molecule has 0 unspecified atom stereocenters. The van der Waals surface area contributed by atoms with Crippen LogP contribution in [-0.2, 0) is 6.42 Å². The Morgan fingerprint density at radius 1 is 1.03 bits per heavy atom. The molecule has 0 saturated carbocycles. The molecule has 2 aromatic carbocycles. The van der Waals surface area contributed by atoms with Gasteiger partial charge in [0.2, 0.25) is 4.96 Å². The first-order chi connectivity index (χ1) is 15.9. The number of halogens is 2. The van der Waals surface area contributed by atoms with Crippen molar-refractivity contribution >= 4 is 45.6 Å². The third kappa shape index (κ3) is 4.35. The molecule has 5 rings (SSSR count). The SMILES string of the molecule is Cc1ccc(Cc2nn3c(=O)/c(=C/c4ccc(-c5ccc(Cl)c(Cl)c5)o4)sc3nc2=O)cc1. The fourth-order valence-electron chi connectivity index (χ4n) is 3.32. The average Bonchev–Trinajstić information content (AvgIpc) is 3.37. The Labute approximate surface area is 201 Å². The summed E-state index contributed by atoms with van der Waals surface area (Å²) in [6.45, 7) is 1.99. The zero-order chi connectivity index (χ0) is 23.1. The van der Waals surface area contributed by atoms with E-state index in [1.165, 1.54) is 4.52 Å². The minimum absolute atomic E-state index is 0.220. The second-order valence-electron chi connectivity index (χ2n) is 7.47. The van der Waals surface area contributed by atoms with E-state index in [4.69, 9.17) is 27.6 Å². The van der Waals surface area contributed by atoms with Crippen LogP contribution in [0.2, 0.25) is 10.0 Å². The number of hydrogen-bond acceptors (Lipinski definition) is 6. The van der Waals surface area contributed by atoms with E-state index in [1.54, 1.807) is 36.4 Å². The largest absolute Gasteiger partial charge is 0.457 e. The van der Waals surface area contributed by atoms with Gasteiger partial charge >= 0.3 is 0 Å². The third-order valence-electron chi connectivity index (χ3n) is 5.05. The summed E-state index contributed by atoms with van der Waals surface area (Å²) in [4.78, 5) is 29.7. The number of benzene rings is 2. The predicted molar refractivity (Wildman–Crippen MR) is 130 cm³/mol. The van der Waals surface area contributed by atoms with Crippen molar-refractivity contribution in [1.29, 1.82) is 0 Å². The molecule has 0 saturated heterocycles. The molecular formula is C24H15Cl2N3O3S. The van der Waals surface area contributed by atoms with Crippen molar-refractivity contribution in [2.24, 2.45) is 0 Å². The number of hydrogen-bond donors (Lipinski definition) is 0. The Bertz CT molecular complexity index is 1670. The Morgan fingerprint density at radius 3 is 2.58 bits per heavy atom. The number of fused-ring (bicyclic) bond motifs is 1. The van der Waals surface area contributed by atoms with Gasteiger partial charge in [0.25, 0.3) is 11.1 Å². The number of rotatable bonds is 4. The van der Waals surface area contributed by atoms with Crippen LogP contribution in [0.4, 0.5) is 0 Å². The number of aromatic nitrogens is 3. The van der Waals surface area contributed by atoms with Crippen molar-refractivity contribution in [2.75, 3.05) is 0 Å². The monoisotopic (exact) mass is 495 g/mol. The Morgan fingerprint density at radius 2 is 1.82 bits per heavy atom. The van der Waals surface area contributed by atoms with E-state index < -0.39 is 5.56 Å². The summed E-state index contributed by atoms with van der Waals surface area (Å²) < 4.78 is 7.38. The van der Waals surface area contributed by atoms with Gasteiger partial charge < -0.3 is 4.42 Å². The van der Waals surface area contributed by atoms with Crippen molar-refractivity contribution in [3.8, 4) is 11.3 Å². The lowest BCUT2D eigenvalue weighted by atomic mass is 10.1. The lowest BCUT2D eigenvalue weighted by Gasteiger charge is -2.01. The summed E-state index contributed by atoms with van der Waals surface area (Å²) in [7, 11) is 0. The van der Waals surface area contributed by atoms with Crippen LogP contribution in [-0.4, -0.2) is 14.6 Å². The predicted octanol–water partition coefficient (Wildman–Crippen LogP) is 4.52. The smallest absolute Gasteiger partial charge is 0.296 e. The first kappa shape index (κ1) is 21.6.